The zero-order valence-corrected chi connectivity index (χ0v) is 22.4. The van der Waals surface area contributed by atoms with Gasteiger partial charge in [-0.15, -0.1) is 5.10 Å². The highest BCUT2D eigenvalue weighted by atomic mass is 35.5. The predicted octanol–water partition coefficient (Wildman–Crippen LogP) is 6.19. The molecule has 0 bridgehead atoms. The minimum Gasteiger partial charge on any atom is -0.353 e. The van der Waals surface area contributed by atoms with Gasteiger partial charge in [0, 0.05) is 34.3 Å². The topological polar surface area (TPSA) is 101 Å². The molecule has 0 aliphatic carbocycles. The standard InChI is InChI=1S/C27H17ClF7N7O/c1-41-24-18(42(26(41)36)9-19(31)32)7-16(20-21(24)25(43)39-23(20)12-4-10(29)2-3-15(12)28)38-17-8-37-40-22-13(17)5-11(30)6-14(22)27(33,34)35/h2-8,19,23,36H,9H2,1H3,(H,38,40)(H,39,43). The number of benzene rings is 3. The van der Waals surface area contributed by atoms with Gasteiger partial charge < -0.3 is 19.8 Å². The number of aryl methyl sites for hydroxylation is 1. The number of hydrogen-bond acceptors (Lipinski definition) is 5. The van der Waals surface area contributed by atoms with Crippen molar-refractivity contribution in [1.82, 2.24) is 24.6 Å². The van der Waals surface area contributed by atoms with Crippen LogP contribution in [0, 0.1) is 17.0 Å². The molecule has 1 aliphatic rings. The second kappa shape index (κ2) is 9.97. The van der Waals surface area contributed by atoms with E-state index < -0.39 is 53.8 Å². The van der Waals surface area contributed by atoms with Gasteiger partial charge in [-0.1, -0.05) is 11.6 Å². The Balaban J connectivity index is 1.67. The normalized spacial score (nSPS) is 15.0. The fourth-order valence-corrected chi connectivity index (χ4v) is 5.63. The molecule has 3 aromatic carbocycles. The van der Waals surface area contributed by atoms with E-state index in [-0.39, 0.29) is 61.2 Å². The number of amides is 1. The third-order valence-electron chi connectivity index (χ3n) is 7.18. The molecule has 1 unspecified atom stereocenters. The van der Waals surface area contributed by atoms with Gasteiger partial charge in [0.2, 0.25) is 5.62 Å². The van der Waals surface area contributed by atoms with Gasteiger partial charge in [-0.3, -0.25) is 10.2 Å². The molecular formula is C27H17ClF7N7O. The molecule has 5 aromatic rings. The summed E-state index contributed by atoms with van der Waals surface area (Å²) in [4.78, 5) is 13.5. The summed E-state index contributed by atoms with van der Waals surface area (Å²) in [6, 6.07) is 4.76. The van der Waals surface area contributed by atoms with Gasteiger partial charge in [-0.2, -0.15) is 18.3 Å². The first-order chi connectivity index (χ1) is 20.3. The zero-order chi connectivity index (χ0) is 31.0. The average Bonchev–Trinajstić information content (AvgIpc) is 3.38. The SMILES string of the molecule is Cn1c(=N)n(CC(F)F)c2cc(Nc3cnnc4c(C(F)(F)F)cc(F)cc34)c3c(c21)C(=O)NC3c1cc(F)ccc1Cl. The largest absolute Gasteiger partial charge is 0.418 e. The van der Waals surface area contributed by atoms with Gasteiger partial charge in [-0.25, -0.2) is 17.6 Å². The van der Waals surface area contributed by atoms with Crippen LogP contribution < -0.4 is 16.3 Å². The number of anilines is 2. The van der Waals surface area contributed by atoms with E-state index in [0.717, 1.165) is 29.0 Å². The van der Waals surface area contributed by atoms with Crippen LogP contribution in [0.4, 0.5) is 42.1 Å². The summed E-state index contributed by atoms with van der Waals surface area (Å²) in [5, 5.41) is 20.9. The van der Waals surface area contributed by atoms with Crippen LogP contribution in [0.1, 0.15) is 33.1 Å². The number of nitrogens with one attached hydrogen (secondary N) is 3. The van der Waals surface area contributed by atoms with Gasteiger partial charge in [0.15, 0.2) is 0 Å². The summed E-state index contributed by atoms with van der Waals surface area (Å²) in [6.07, 6.45) is -6.83. The summed E-state index contributed by atoms with van der Waals surface area (Å²) in [5.41, 5.74) is -2.29. The van der Waals surface area contributed by atoms with E-state index >= 15 is 0 Å². The summed E-state index contributed by atoms with van der Waals surface area (Å²) in [5.74, 6) is -2.60. The number of fused-ring (bicyclic) bond motifs is 4. The molecule has 222 valence electrons. The molecule has 16 heteroatoms. The number of imidazole rings is 1. The van der Waals surface area contributed by atoms with Gasteiger partial charge in [-0.05, 0) is 36.4 Å². The average molecular weight is 624 g/mol. The Hall–Kier alpha value is -4.66. The Bertz CT molecular complexity index is 2040. The van der Waals surface area contributed by atoms with Crippen LogP contribution in [-0.4, -0.2) is 31.7 Å². The number of alkyl halides is 5. The molecule has 0 saturated heterocycles. The van der Waals surface area contributed by atoms with Gasteiger partial charge in [0.1, 0.15) is 17.2 Å². The predicted molar refractivity (Wildman–Crippen MR) is 141 cm³/mol. The van der Waals surface area contributed by atoms with Crippen molar-refractivity contribution in [2.24, 2.45) is 7.05 Å². The van der Waals surface area contributed by atoms with Crippen molar-refractivity contribution in [1.29, 1.82) is 5.41 Å². The number of carbonyl (C=O) groups excluding carboxylic acids is 1. The molecule has 43 heavy (non-hydrogen) atoms. The molecule has 0 fully saturated rings. The Kier molecular flexibility index (Phi) is 6.60. The Morgan fingerprint density at radius 2 is 1.86 bits per heavy atom. The number of aromatic nitrogens is 4. The first-order valence-electron chi connectivity index (χ1n) is 12.4. The molecule has 1 atom stereocenters. The quantitative estimate of drug-likeness (QED) is 0.203. The lowest BCUT2D eigenvalue weighted by Crippen LogP contribution is -2.25. The number of halogens is 8. The molecule has 3 heterocycles. The Morgan fingerprint density at radius 1 is 1.12 bits per heavy atom. The summed E-state index contributed by atoms with van der Waals surface area (Å²) in [7, 11) is 1.40. The fourth-order valence-electron chi connectivity index (χ4n) is 5.41. The van der Waals surface area contributed by atoms with E-state index in [4.69, 9.17) is 17.0 Å². The van der Waals surface area contributed by atoms with Crippen molar-refractivity contribution in [3.8, 4) is 0 Å². The second-order valence-electron chi connectivity index (χ2n) is 9.77. The van der Waals surface area contributed by atoms with E-state index in [1.165, 1.54) is 23.7 Å². The maximum Gasteiger partial charge on any atom is 0.418 e. The maximum atomic E-state index is 14.4. The van der Waals surface area contributed by atoms with Crippen molar-refractivity contribution in [3.63, 3.8) is 0 Å². The third-order valence-corrected chi connectivity index (χ3v) is 7.53. The van der Waals surface area contributed by atoms with Crippen LogP contribution >= 0.6 is 11.6 Å². The highest BCUT2D eigenvalue weighted by Gasteiger charge is 2.38. The van der Waals surface area contributed by atoms with Crippen molar-refractivity contribution >= 4 is 50.8 Å². The minimum atomic E-state index is -4.97. The number of rotatable bonds is 5. The molecule has 1 aliphatic heterocycles. The van der Waals surface area contributed by atoms with Crippen molar-refractivity contribution < 1.29 is 35.5 Å². The van der Waals surface area contributed by atoms with Crippen LogP contribution in [0.3, 0.4) is 0 Å². The summed E-state index contributed by atoms with van der Waals surface area (Å²) < 4.78 is 99.2. The number of nitrogens with zero attached hydrogens (tertiary/aromatic N) is 4. The zero-order valence-electron chi connectivity index (χ0n) is 21.6. The van der Waals surface area contributed by atoms with E-state index in [1.807, 2.05) is 0 Å². The lowest BCUT2D eigenvalue weighted by atomic mass is 9.95. The van der Waals surface area contributed by atoms with E-state index in [1.54, 1.807) is 0 Å². The first-order valence-corrected chi connectivity index (χ1v) is 12.8. The smallest absolute Gasteiger partial charge is 0.353 e. The van der Waals surface area contributed by atoms with Crippen LogP contribution in [0.2, 0.25) is 5.02 Å². The van der Waals surface area contributed by atoms with Crippen LogP contribution in [0.5, 0.6) is 0 Å². The van der Waals surface area contributed by atoms with E-state index in [9.17, 15) is 35.5 Å². The highest BCUT2D eigenvalue weighted by molar-refractivity contribution is 6.31. The maximum absolute atomic E-state index is 14.4. The van der Waals surface area contributed by atoms with Gasteiger partial charge >= 0.3 is 6.18 Å². The minimum absolute atomic E-state index is 0.00749. The number of hydrogen-bond donors (Lipinski definition) is 3. The Morgan fingerprint density at radius 3 is 2.56 bits per heavy atom. The van der Waals surface area contributed by atoms with Crippen molar-refractivity contribution in [3.05, 3.63) is 87.1 Å². The third kappa shape index (κ3) is 4.63. The molecule has 1 amide bonds. The monoisotopic (exact) mass is 623 g/mol. The molecule has 2 aromatic heterocycles. The molecule has 0 spiro atoms. The van der Waals surface area contributed by atoms with Gasteiger partial charge in [0.05, 0.1) is 46.6 Å². The molecule has 3 N–H and O–H groups in total. The lowest BCUT2D eigenvalue weighted by molar-refractivity contribution is -0.136. The second-order valence-corrected chi connectivity index (χ2v) is 10.2. The summed E-state index contributed by atoms with van der Waals surface area (Å²) in [6.45, 7) is -0.908. The molecule has 0 radical (unpaired) electrons. The van der Waals surface area contributed by atoms with Crippen molar-refractivity contribution in [2.45, 2.75) is 25.2 Å². The summed E-state index contributed by atoms with van der Waals surface area (Å²) >= 11 is 6.37. The van der Waals surface area contributed by atoms with Crippen molar-refractivity contribution in [2.75, 3.05) is 5.32 Å². The molecular weight excluding hydrogens is 607 g/mol. The molecule has 0 saturated carbocycles. The lowest BCUT2D eigenvalue weighted by Gasteiger charge is -2.20. The van der Waals surface area contributed by atoms with Gasteiger partial charge in [0.25, 0.3) is 12.3 Å². The Labute approximate surface area is 241 Å². The first kappa shape index (κ1) is 28.5. The molecule has 6 rings (SSSR count). The van der Waals surface area contributed by atoms with Crippen LogP contribution in [0.25, 0.3) is 21.9 Å². The fraction of sp³-hybridized carbons (Fsp3) is 0.185. The van der Waals surface area contributed by atoms with Crippen LogP contribution in [0.15, 0.2) is 42.6 Å². The number of carbonyl (C=O) groups is 1. The van der Waals surface area contributed by atoms with E-state index in [0.29, 0.717) is 0 Å². The molecule has 8 nitrogen and oxygen atoms in total. The van der Waals surface area contributed by atoms with E-state index in [2.05, 4.69) is 20.8 Å². The highest BCUT2D eigenvalue weighted by Crippen LogP contribution is 2.44. The van der Waals surface area contributed by atoms with Crippen LogP contribution in [-0.2, 0) is 19.8 Å².